The maximum atomic E-state index is 13.1. The lowest BCUT2D eigenvalue weighted by Gasteiger charge is -2.48. The van der Waals surface area contributed by atoms with E-state index < -0.39 is 5.66 Å². The van der Waals surface area contributed by atoms with Gasteiger partial charge in [0.05, 0.1) is 17.9 Å². The third-order valence-corrected chi connectivity index (χ3v) is 6.37. The number of amides is 2. The van der Waals surface area contributed by atoms with E-state index in [0.717, 1.165) is 19.3 Å². The second kappa shape index (κ2) is 8.01. The standard InChI is InChI=1S/C23H28N2O4/c1-23-14-13-20(26)25(23)19-11-6-5-10-18(19)22(28)24(23)15-7-12-21(27)29-16-17-8-3-2-4-9-17/h2-3,5-6,10-11,17H,4,7-9,12-16H2,1H3. The van der Waals surface area contributed by atoms with E-state index in [9.17, 15) is 14.4 Å². The number of hydrogen-bond acceptors (Lipinski definition) is 4. The second-order valence-electron chi connectivity index (χ2n) is 8.36. The van der Waals surface area contributed by atoms with E-state index in [1.54, 1.807) is 15.9 Å². The summed E-state index contributed by atoms with van der Waals surface area (Å²) in [5.41, 5.74) is 0.578. The predicted octanol–water partition coefficient (Wildman–Crippen LogP) is 3.67. The smallest absolute Gasteiger partial charge is 0.305 e. The molecule has 2 atom stereocenters. The van der Waals surface area contributed by atoms with E-state index in [2.05, 4.69) is 12.2 Å². The van der Waals surface area contributed by atoms with Crippen LogP contribution in [0.1, 0.15) is 62.2 Å². The summed E-state index contributed by atoms with van der Waals surface area (Å²) in [7, 11) is 0. The molecule has 1 aliphatic carbocycles. The van der Waals surface area contributed by atoms with E-state index >= 15 is 0 Å². The highest BCUT2D eigenvalue weighted by Gasteiger charge is 2.52. The number of fused-ring (bicyclic) bond motifs is 3. The van der Waals surface area contributed by atoms with Gasteiger partial charge in [0, 0.05) is 19.4 Å². The molecule has 2 amide bonds. The first kappa shape index (κ1) is 19.7. The lowest BCUT2D eigenvalue weighted by Crippen LogP contribution is -2.62. The minimum absolute atomic E-state index is 0.0402. The molecule has 0 N–H and O–H groups in total. The van der Waals surface area contributed by atoms with Crippen molar-refractivity contribution in [1.29, 1.82) is 0 Å². The Bertz CT molecular complexity index is 849. The zero-order valence-corrected chi connectivity index (χ0v) is 16.9. The highest BCUT2D eigenvalue weighted by Crippen LogP contribution is 2.44. The van der Waals surface area contributed by atoms with Crippen molar-refractivity contribution in [1.82, 2.24) is 4.90 Å². The maximum Gasteiger partial charge on any atom is 0.305 e. The number of benzene rings is 1. The Hall–Kier alpha value is -2.63. The summed E-state index contributed by atoms with van der Waals surface area (Å²) in [5.74, 6) is 0.171. The summed E-state index contributed by atoms with van der Waals surface area (Å²) >= 11 is 0. The van der Waals surface area contributed by atoms with Gasteiger partial charge < -0.3 is 9.64 Å². The van der Waals surface area contributed by atoms with Crippen LogP contribution in [-0.4, -0.2) is 41.5 Å². The second-order valence-corrected chi connectivity index (χ2v) is 8.36. The lowest BCUT2D eigenvalue weighted by molar-refractivity contribution is -0.145. The van der Waals surface area contributed by atoms with Gasteiger partial charge in [0.25, 0.3) is 5.91 Å². The summed E-state index contributed by atoms with van der Waals surface area (Å²) in [5, 5.41) is 0. The van der Waals surface area contributed by atoms with Gasteiger partial charge in [-0.05, 0) is 57.1 Å². The third-order valence-electron chi connectivity index (χ3n) is 6.37. The lowest BCUT2D eigenvalue weighted by atomic mass is 9.95. The molecule has 0 aromatic heterocycles. The molecule has 1 saturated heterocycles. The van der Waals surface area contributed by atoms with Crippen LogP contribution in [0.15, 0.2) is 36.4 Å². The molecule has 6 heteroatoms. The Morgan fingerprint density at radius 3 is 2.86 bits per heavy atom. The molecule has 2 unspecified atom stereocenters. The molecule has 3 aliphatic rings. The van der Waals surface area contributed by atoms with Gasteiger partial charge in [-0.1, -0.05) is 24.3 Å². The quantitative estimate of drug-likeness (QED) is 0.544. The molecule has 0 saturated carbocycles. The van der Waals surface area contributed by atoms with Gasteiger partial charge in [-0.2, -0.15) is 0 Å². The molecule has 2 heterocycles. The molecule has 6 nitrogen and oxygen atoms in total. The van der Waals surface area contributed by atoms with Gasteiger partial charge in [0.15, 0.2) is 0 Å². The number of nitrogens with zero attached hydrogens (tertiary/aromatic N) is 2. The van der Waals surface area contributed by atoms with Gasteiger partial charge in [-0.25, -0.2) is 0 Å². The number of allylic oxidation sites excluding steroid dienone is 2. The van der Waals surface area contributed by atoms with Crippen molar-refractivity contribution in [3.05, 3.63) is 42.0 Å². The molecule has 4 rings (SSSR count). The largest absolute Gasteiger partial charge is 0.465 e. The summed E-state index contributed by atoms with van der Waals surface area (Å²) < 4.78 is 5.44. The van der Waals surface area contributed by atoms with Crippen LogP contribution in [0.4, 0.5) is 5.69 Å². The number of esters is 1. The molecule has 29 heavy (non-hydrogen) atoms. The van der Waals surface area contributed by atoms with Gasteiger partial charge in [0.1, 0.15) is 5.66 Å². The van der Waals surface area contributed by atoms with Gasteiger partial charge in [-0.3, -0.25) is 19.3 Å². The maximum absolute atomic E-state index is 13.1. The molecule has 1 fully saturated rings. The third kappa shape index (κ3) is 3.68. The monoisotopic (exact) mass is 396 g/mol. The van der Waals surface area contributed by atoms with E-state index in [0.29, 0.717) is 49.6 Å². The minimum Gasteiger partial charge on any atom is -0.465 e. The fourth-order valence-corrected chi connectivity index (χ4v) is 4.71. The Balaban J connectivity index is 1.38. The zero-order chi connectivity index (χ0) is 20.4. The summed E-state index contributed by atoms with van der Waals surface area (Å²) in [4.78, 5) is 41.4. The molecule has 1 aromatic rings. The molecule has 0 spiro atoms. The molecular formula is C23H28N2O4. The Labute approximate surface area is 171 Å². The molecule has 1 aromatic carbocycles. The van der Waals surface area contributed by atoms with Crippen molar-refractivity contribution < 1.29 is 19.1 Å². The fourth-order valence-electron chi connectivity index (χ4n) is 4.71. The van der Waals surface area contributed by atoms with Crippen molar-refractivity contribution in [2.24, 2.45) is 5.92 Å². The first-order valence-electron chi connectivity index (χ1n) is 10.6. The highest BCUT2D eigenvalue weighted by atomic mass is 16.5. The van der Waals surface area contributed by atoms with Gasteiger partial charge in [0.2, 0.25) is 5.91 Å². The number of rotatable bonds is 6. The first-order chi connectivity index (χ1) is 14.0. The minimum atomic E-state index is -0.666. The van der Waals surface area contributed by atoms with Crippen molar-refractivity contribution in [3.8, 4) is 0 Å². The van der Waals surface area contributed by atoms with Gasteiger partial charge in [-0.15, -0.1) is 0 Å². The highest BCUT2D eigenvalue weighted by molar-refractivity contribution is 6.10. The summed E-state index contributed by atoms with van der Waals surface area (Å²) in [6, 6.07) is 7.27. The van der Waals surface area contributed by atoms with Crippen molar-refractivity contribution in [2.45, 2.75) is 57.5 Å². The Morgan fingerprint density at radius 1 is 1.24 bits per heavy atom. The van der Waals surface area contributed by atoms with Crippen LogP contribution in [0, 0.1) is 5.92 Å². The van der Waals surface area contributed by atoms with Crippen LogP contribution in [0.25, 0.3) is 0 Å². The van der Waals surface area contributed by atoms with E-state index in [1.165, 1.54) is 0 Å². The van der Waals surface area contributed by atoms with Crippen LogP contribution in [-0.2, 0) is 14.3 Å². The first-order valence-corrected chi connectivity index (χ1v) is 10.6. The van der Waals surface area contributed by atoms with Crippen LogP contribution >= 0.6 is 0 Å². The van der Waals surface area contributed by atoms with E-state index in [1.807, 2.05) is 25.1 Å². The number of carbonyl (C=O) groups is 3. The van der Waals surface area contributed by atoms with Crippen LogP contribution in [0.2, 0.25) is 0 Å². The average Bonchev–Trinajstić information content (AvgIpc) is 3.05. The summed E-state index contributed by atoms with van der Waals surface area (Å²) in [6.07, 6.45) is 9.23. The zero-order valence-electron chi connectivity index (χ0n) is 16.9. The predicted molar refractivity (Wildman–Crippen MR) is 109 cm³/mol. The van der Waals surface area contributed by atoms with Crippen molar-refractivity contribution >= 4 is 23.5 Å². The molecule has 0 bridgehead atoms. The topological polar surface area (TPSA) is 66.9 Å². The Morgan fingerprint density at radius 2 is 2.07 bits per heavy atom. The molecule has 2 aliphatic heterocycles. The number of ether oxygens (including phenoxy) is 1. The summed E-state index contributed by atoms with van der Waals surface area (Å²) in [6.45, 7) is 2.84. The van der Waals surface area contributed by atoms with Crippen LogP contribution in [0.5, 0.6) is 0 Å². The number of anilines is 1. The van der Waals surface area contributed by atoms with Gasteiger partial charge >= 0.3 is 5.97 Å². The van der Waals surface area contributed by atoms with E-state index in [-0.39, 0.29) is 24.2 Å². The number of para-hydroxylation sites is 1. The Kier molecular flexibility index (Phi) is 5.43. The SMILES string of the molecule is CC12CCC(=O)N1c1ccccc1C(=O)N2CCCC(=O)OCC1CC=CCC1. The normalized spacial score (nSPS) is 25.8. The number of carbonyl (C=O) groups excluding carboxylic acids is 3. The van der Waals surface area contributed by atoms with Crippen LogP contribution in [0.3, 0.4) is 0 Å². The molecular weight excluding hydrogens is 368 g/mol. The van der Waals surface area contributed by atoms with Crippen LogP contribution < -0.4 is 4.90 Å². The van der Waals surface area contributed by atoms with Crippen molar-refractivity contribution in [2.75, 3.05) is 18.1 Å². The molecule has 154 valence electrons. The average molecular weight is 396 g/mol. The van der Waals surface area contributed by atoms with Crippen molar-refractivity contribution in [3.63, 3.8) is 0 Å². The van der Waals surface area contributed by atoms with E-state index in [4.69, 9.17) is 4.74 Å². The fraction of sp³-hybridized carbons (Fsp3) is 0.522. The number of hydrogen-bond donors (Lipinski definition) is 0. The molecule has 0 radical (unpaired) electrons.